The zero-order valence-electron chi connectivity index (χ0n) is 15.9. The molecule has 1 aliphatic rings. The van der Waals surface area contributed by atoms with Crippen molar-refractivity contribution in [2.45, 2.75) is 24.7 Å². The van der Waals surface area contributed by atoms with Crippen molar-refractivity contribution in [2.75, 3.05) is 25.0 Å². The average Bonchev–Trinajstić information content (AvgIpc) is 2.71. The molecule has 1 N–H and O–H groups in total. The molecule has 0 saturated carbocycles. The second-order valence-corrected chi connectivity index (χ2v) is 9.42. The van der Waals surface area contributed by atoms with Crippen LogP contribution in [0.4, 0.5) is 5.69 Å². The second-order valence-electron chi connectivity index (χ2n) is 6.67. The van der Waals surface area contributed by atoms with E-state index in [1.807, 2.05) is 0 Å². The van der Waals surface area contributed by atoms with Crippen LogP contribution in [-0.4, -0.2) is 38.3 Å². The maximum atomic E-state index is 13.1. The van der Waals surface area contributed by atoms with E-state index in [1.165, 1.54) is 10.4 Å². The molecule has 1 amide bonds. The largest absolute Gasteiger partial charge is 0.492 e. The van der Waals surface area contributed by atoms with Crippen LogP contribution in [0.15, 0.2) is 47.4 Å². The second kappa shape index (κ2) is 9.34. The Morgan fingerprint density at radius 3 is 2.52 bits per heavy atom. The Bertz CT molecular complexity index is 990. The highest BCUT2D eigenvalue weighted by atomic mass is 35.5. The first kappa shape index (κ1) is 21.9. The minimum Gasteiger partial charge on any atom is -0.492 e. The third kappa shape index (κ3) is 5.04. The lowest BCUT2D eigenvalue weighted by Crippen LogP contribution is -2.41. The van der Waals surface area contributed by atoms with Gasteiger partial charge in [0.25, 0.3) is 0 Å². The van der Waals surface area contributed by atoms with Crippen molar-refractivity contribution in [3.8, 4) is 5.75 Å². The molecular formula is C20H22Cl2N2O4S. The summed E-state index contributed by atoms with van der Waals surface area (Å²) in [4.78, 5) is 12.6. The monoisotopic (exact) mass is 456 g/mol. The van der Waals surface area contributed by atoms with E-state index < -0.39 is 10.0 Å². The quantitative estimate of drug-likeness (QED) is 0.697. The first-order chi connectivity index (χ1) is 13.8. The Morgan fingerprint density at radius 1 is 1.17 bits per heavy atom. The van der Waals surface area contributed by atoms with E-state index in [2.05, 4.69) is 5.32 Å². The Balaban J connectivity index is 1.69. The van der Waals surface area contributed by atoms with E-state index in [0.717, 1.165) is 0 Å². The molecule has 3 rings (SSSR count). The first-order valence-corrected chi connectivity index (χ1v) is 11.5. The van der Waals surface area contributed by atoms with Gasteiger partial charge in [-0.2, -0.15) is 4.31 Å². The summed E-state index contributed by atoms with van der Waals surface area (Å²) in [5, 5.41) is 3.61. The fourth-order valence-electron chi connectivity index (χ4n) is 3.25. The van der Waals surface area contributed by atoms with Crippen LogP contribution in [0.3, 0.4) is 0 Å². The Labute approximate surface area is 180 Å². The number of nitrogens with zero attached hydrogens (tertiary/aromatic N) is 1. The number of hydrogen-bond acceptors (Lipinski definition) is 4. The molecule has 0 aliphatic carbocycles. The Morgan fingerprint density at radius 2 is 1.86 bits per heavy atom. The third-order valence-corrected chi connectivity index (χ3v) is 7.26. The fourth-order valence-corrected chi connectivity index (χ4v) is 5.30. The number of carbonyl (C=O) groups is 1. The van der Waals surface area contributed by atoms with E-state index in [-0.39, 0.29) is 35.6 Å². The number of nitrogens with one attached hydrogen (secondary N) is 1. The lowest BCUT2D eigenvalue weighted by atomic mass is 9.97. The van der Waals surface area contributed by atoms with Gasteiger partial charge < -0.3 is 10.1 Å². The van der Waals surface area contributed by atoms with E-state index >= 15 is 0 Å². The van der Waals surface area contributed by atoms with Gasteiger partial charge in [-0.15, -0.1) is 0 Å². The molecule has 9 heteroatoms. The summed E-state index contributed by atoms with van der Waals surface area (Å²) in [5.41, 5.74) is 0.550. The number of para-hydroxylation sites is 1. The molecule has 2 aromatic rings. The van der Waals surface area contributed by atoms with E-state index in [9.17, 15) is 13.2 Å². The first-order valence-electron chi connectivity index (χ1n) is 9.31. The normalized spacial score (nSPS) is 15.8. The van der Waals surface area contributed by atoms with Crippen LogP contribution >= 0.6 is 23.2 Å². The van der Waals surface area contributed by atoms with Crippen molar-refractivity contribution < 1.29 is 17.9 Å². The Kier molecular flexibility index (Phi) is 7.05. The lowest BCUT2D eigenvalue weighted by Gasteiger charge is -2.31. The molecule has 1 fully saturated rings. The molecule has 0 radical (unpaired) electrons. The van der Waals surface area contributed by atoms with Crippen LogP contribution in [0.2, 0.25) is 10.0 Å². The van der Waals surface area contributed by atoms with Crippen molar-refractivity contribution in [3.63, 3.8) is 0 Å². The summed E-state index contributed by atoms with van der Waals surface area (Å²) in [6.45, 7) is 2.60. The van der Waals surface area contributed by atoms with E-state index in [0.29, 0.717) is 35.2 Å². The molecule has 0 unspecified atom stereocenters. The predicted molar refractivity (Wildman–Crippen MR) is 114 cm³/mol. The fraction of sp³-hybridized carbons (Fsp3) is 0.350. The molecule has 0 bridgehead atoms. The molecule has 1 heterocycles. The zero-order chi connectivity index (χ0) is 21.0. The summed E-state index contributed by atoms with van der Waals surface area (Å²) < 4.78 is 33.1. The van der Waals surface area contributed by atoms with E-state index in [4.69, 9.17) is 27.9 Å². The minimum absolute atomic E-state index is 0.0471. The van der Waals surface area contributed by atoms with E-state index in [1.54, 1.807) is 43.3 Å². The molecule has 1 saturated heterocycles. The number of ether oxygens (including phenoxy) is 1. The summed E-state index contributed by atoms with van der Waals surface area (Å²) in [7, 11) is -3.78. The van der Waals surface area contributed by atoms with Crippen LogP contribution in [-0.2, 0) is 14.8 Å². The smallest absolute Gasteiger partial charge is 0.246 e. The molecule has 156 valence electrons. The van der Waals surface area contributed by atoms with Gasteiger partial charge in [0.2, 0.25) is 15.9 Å². The summed E-state index contributed by atoms with van der Waals surface area (Å²) >= 11 is 12.1. The molecule has 2 aromatic carbocycles. The number of halogens is 2. The van der Waals surface area contributed by atoms with Gasteiger partial charge in [-0.25, -0.2) is 8.42 Å². The van der Waals surface area contributed by atoms with Gasteiger partial charge in [0, 0.05) is 24.0 Å². The maximum absolute atomic E-state index is 13.1. The van der Waals surface area contributed by atoms with Crippen molar-refractivity contribution in [2.24, 2.45) is 5.92 Å². The summed E-state index contributed by atoms with van der Waals surface area (Å²) in [6, 6.07) is 11.6. The molecule has 6 nitrogen and oxygen atoms in total. The topological polar surface area (TPSA) is 75.7 Å². The minimum atomic E-state index is -3.78. The van der Waals surface area contributed by atoms with Crippen molar-refractivity contribution in [1.29, 1.82) is 0 Å². The van der Waals surface area contributed by atoms with Gasteiger partial charge >= 0.3 is 0 Å². The number of hydrogen-bond donors (Lipinski definition) is 1. The van der Waals surface area contributed by atoms with Crippen LogP contribution < -0.4 is 10.1 Å². The molecule has 1 aliphatic heterocycles. The zero-order valence-corrected chi connectivity index (χ0v) is 18.2. The molecule has 0 spiro atoms. The summed E-state index contributed by atoms with van der Waals surface area (Å²) in [5.74, 6) is -0.174. The number of carbonyl (C=O) groups excluding carboxylic acids is 1. The van der Waals surface area contributed by atoms with Gasteiger partial charge in [0.05, 0.1) is 17.3 Å². The number of sulfonamides is 1. The van der Waals surface area contributed by atoms with Gasteiger partial charge in [0.15, 0.2) is 0 Å². The van der Waals surface area contributed by atoms with Gasteiger partial charge in [-0.1, -0.05) is 35.3 Å². The van der Waals surface area contributed by atoms with Crippen LogP contribution in [0.5, 0.6) is 5.75 Å². The molecule has 29 heavy (non-hydrogen) atoms. The third-order valence-electron chi connectivity index (χ3n) is 4.78. The SMILES string of the molecule is CCOc1ccc(Cl)cc1S(=O)(=O)N1CCC(C(=O)Nc2ccccc2Cl)CC1. The average molecular weight is 457 g/mol. The van der Waals surface area contributed by atoms with Crippen LogP contribution in [0.1, 0.15) is 19.8 Å². The van der Waals surface area contributed by atoms with Crippen molar-refractivity contribution in [3.05, 3.63) is 52.5 Å². The number of benzene rings is 2. The molecule has 0 atom stereocenters. The Hall–Kier alpha value is -1.80. The van der Waals surface area contributed by atoms with Crippen LogP contribution in [0, 0.1) is 5.92 Å². The molecular weight excluding hydrogens is 435 g/mol. The molecule has 0 aromatic heterocycles. The summed E-state index contributed by atoms with van der Waals surface area (Å²) in [6.07, 6.45) is 0.833. The standard InChI is InChI=1S/C20H22Cl2N2O4S/c1-2-28-18-8-7-15(21)13-19(18)29(26,27)24-11-9-14(10-12-24)20(25)23-17-6-4-3-5-16(17)22/h3-8,13-14H,2,9-12H2,1H3,(H,23,25). The predicted octanol–water partition coefficient (Wildman–Crippen LogP) is 4.43. The number of amides is 1. The van der Waals surface area contributed by atoms with Gasteiger partial charge in [-0.05, 0) is 50.1 Å². The van der Waals surface area contributed by atoms with Gasteiger partial charge in [-0.3, -0.25) is 4.79 Å². The van der Waals surface area contributed by atoms with Crippen molar-refractivity contribution in [1.82, 2.24) is 4.31 Å². The highest BCUT2D eigenvalue weighted by molar-refractivity contribution is 7.89. The number of piperidine rings is 1. The number of anilines is 1. The highest BCUT2D eigenvalue weighted by Crippen LogP contribution is 2.32. The van der Waals surface area contributed by atoms with Crippen molar-refractivity contribution >= 4 is 44.8 Å². The van der Waals surface area contributed by atoms with Gasteiger partial charge in [0.1, 0.15) is 10.6 Å². The lowest BCUT2D eigenvalue weighted by molar-refractivity contribution is -0.120. The maximum Gasteiger partial charge on any atom is 0.246 e. The van der Waals surface area contributed by atoms with Crippen LogP contribution in [0.25, 0.3) is 0 Å². The highest BCUT2D eigenvalue weighted by Gasteiger charge is 2.34. The number of rotatable bonds is 6.